The highest BCUT2D eigenvalue weighted by Gasteiger charge is 2.28. The van der Waals surface area contributed by atoms with Crippen LogP contribution in [-0.4, -0.2) is 14.9 Å². The molecule has 1 aromatic heterocycles. The van der Waals surface area contributed by atoms with Crippen LogP contribution in [0.25, 0.3) is 0 Å². The van der Waals surface area contributed by atoms with Crippen LogP contribution >= 0.6 is 0 Å². The average Bonchev–Trinajstić information content (AvgIpc) is 2.77. The third-order valence-corrected chi connectivity index (χ3v) is 4.14. The summed E-state index contributed by atoms with van der Waals surface area (Å²) in [6, 6.07) is 10.5. The number of rotatable bonds is 4. The van der Waals surface area contributed by atoms with Gasteiger partial charge in [-0.05, 0) is 42.4 Å². The van der Waals surface area contributed by atoms with Crippen molar-refractivity contribution in [1.82, 2.24) is 9.78 Å². The molecule has 0 saturated heterocycles. The molecule has 2 atom stereocenters. The molecule has 1 heterocycles. The van der Waals surface area contributed by atoms with Crippen molar-refractivity contribution in [1.29, 1.82) is 0 Å². The van der Waals surface area contributed by atoms with Crippen LogP contribution in [0.1, 0.15) is 47.9 Å². The van der Waals surface area contributed by atoms with E-state index < -0.39 is 6.10 Å². The first-order valence-electron chi connectivity index (χ1n) is 6.97. The Balaban J connectivity index is 1.73. The Bertz CT molecular complexity index is 588. The van der Waals surface area contributed by atoms with E-state index in [0.717, 1.165) is 30.7 Å². The van der Waals surface area contributed by atoms with Gasteiger partial charge >= 0.3 is 0 Å². The fourth-order valence-corrected chi connectivity index (χ4v) is 2.99. The second kappa shape index (κ2) is 4.82. The first-order chi connectivity index (χ1) is 9.19. The van der Waals surface area contributed by atoms with Crippen LogP contribution < -0.4 is 0 Å². The van der Waals surface area contributed by atoms with Crippen LogP contribution in [0.5, 0.6) is 0 Å². The molecule has 0 radical (unpaired) electrons. The second-order valence-electron chi connectivity index (χ2n) is 5.39. The summed E-state index contributed by atoms with van der Waals surface area (Å²) in [6.07, 6.45) is 2.37. The maximum absolute atomic E-state index is 10.4. The van der Waals surface area contributed by atoms with Gasteiger partial charge in [0.25, 0.3) is 0 Å². The Morgan fingerprint density at radius 1 is 1.42 bits per heavy atom. The maximum Gasteiger partial charge on any atom is 0.0962 e. The second-order valence-corrected chi connectivity index (χ2v) is 5.39. The molecule has 19 heavy (non-hydrogen) atoms. The number of aryl methyl sites for hydroxylation is 2. The van der Waals surface area contributed by atoms with Crippen LogP contribution in [0.3, 0.4) is 0 Å². The van der Waals surface area contributed by atoms with Crippen LogP contribution in [-0.2, 0) is 19.9 Å². The minimum atomic E-state index is -0.420. The number of fused-ring (bicyclic) bond motifs is 1. The summed E-state index contributed by atoms with van der Waals surface area (Å²) >= 11 is 0. The molecule has 0 amide bonds. The largest absolute Gasteiger partial charge is 0.387 e. The standard InChI is InChI=1S/C16H20N2O/c1-3-13-10-15(18(2)17-13)16(19)9-12-8-11-6-4-5-7-14(11)12/h4-7,10,12,16,19H,3,8-9H2,1-2H3. The van der Waals surface area contributed by atoms with Gasteiger partial charge in [-0.25, -0.2) is 0 Å². The van der Waals surface area contributed by atoms with Crippen molar-refractivity contribution in [3.8, 4) is 0 Å². The third kappa shape index (κ3) is 2.19. The summed E-state index contributed by atoms with van der Waals surface area (Å²) in [6.45, 7) is 2.08. The molecular weight excluding hydrogens is 236 g/mol. The normalized spacial score (nSPS) is 18.8. The summed E-state index contributed by atoms with van der Waals surface area (Å²) < 4.78 is 1.81. The van der Waals surface area contributed by atoms with E-state index in [4.69, 9.17) is 0 Å². The number of aliphatic hydroxyl groups excluding tert-OH is 1. The van der Waals surface area contributed by atoms with E-state index in [1.54, 1.807) is 0 Å². The highest BCUT2D eigenvalue weighted by Crippen LogP contribution is 2.40. The van der Waals surface area contributed by atoms with Crippen molar-refractivity contribution < 1.29 is 5.11 Å². The number of hydrogen-bond donors (Lipinski definition) is 1. The highest BCUT2D eigenvalue weighted by atomic mass is 16.3. The van der Waals surface area contributed by atoms with Gasteiger partial charge in [0, 0.05) is 7.05 Å². The summed E-state index contributed by atoms with van der Waals surface area (Å²) in [5.74, 6) is 0.492. The highest BCUT2D eigenvalue weighted by molar-refractivity contribution is 5.40. The lowest BCUT2D eigenvalue weighted by atomic mass is 9.74. The van der Waals surface area contributed by atoms with Crippen LogP contribution in [0.2, 0.25) is 0 Å². The van der Waals surface area contributed by atoms with E-state index in [1.165, 1.54) is 11.1 Å². The number of hydrogen-bond acceptors (Lipinski definition) is 2. The molecule has 100 valence electrons. The number of benzene rings is 1. The lowest BCUT2D eigenvalue weighted by molar-refractivity contribution is 0.144. The minimum Gasteiger partial charge on any atom is -0.387 e. The molecular formula is C16H20N2O. The lowest BCUT2D eigenvalue weighted by Gasteiger charge is -2.31. The van der Waals surface area contributed by atoms with Crippen molar-refractivity contribution in [2.24, 2.45) is 7.05 Å². The Kier molecular flexibility index (Phi) is 3.15. The molecule has 3 nitrogen and oxygen atoms in total. The Morgan fingerprint density at radius 3 is 2.89 bits per heavy atom. The Morgan fingerprint density at radius 2 is 2.21 bits per heavy atom. The van der Waals surface area contributed by atoms with Gasteiger partial charge in [-0.15, -0.1) is 0 Å². The summed E-state index contributed by atoms with van der Waals surface area (Å²) in [7, 11) is 1.91. The molecule has 1 aromatic carbocycles. The molecule has 2 aromatic rings. The third-order valence-electron chi connectivity index (χ3n) is 4.14. The summed E-state index contributed by atoms with van der Waals surface area (Å²) in [5, 5.41) is 14.8. The quantitative estimate of drug-likeness (QED) is 0.913. The zero-order chi connectivity index (χ0) is 13.4. The summed E-state index contributed by atoms with van der Waals surface area (Å²) in [5.41, 5.74) is 4.81. The monoisotopic (exact) mass is 256 g/mol. The van der Waals surface area contributed by atoms with Gasteiger partial charge in [0.2, 0.25) is 0 Å². The van der Waals surface area contributed by atoms with Crippen molar-refractivity contribution >= 4 is 0 Å². The molecule has 1 N–H and O–H groups in total. The molecule has 1 aliphatic rings. The first-order valence-corrected chi connectivity index (χ1v) is 6.97. The number of aromatic nitrogens is 2. The maximum atomic E-state index is 10.4. The van der Waals surface area contributed by atoms with E-state index in [9.17, 15) is 5.11 Å². The molecule has 2 unspecified atom stereocenters. The van der Waals surface area contributed by atoms with Gasteiger partial charge in [-0.2, -0.15) is 5.10 Å². The number of nitrogens with zero attached hydrogens (tertiary/aromatic N) is 2. The van der Waals surface area contributed by atoms with Crippen LogP contribution in [0.4, 0.5) is 0 Å². The fourth-order valence-electron chi connectivity index (χ4n) is 2.99. The molecule has 3 heteroatoms. The van der Waals surface area contributed by atoms with Crippen LogP contribution in [0.15, 0.2) is 30.3 Å². The topological polar surface area (TPSA) is 38.0 Å². The SMILES string of the molecule is CCc1cc(C(O)CC2Cc3ccccc32)n(C)n1. The van der Waals surface area contributed by atoms with Gasteiger partial charge in [-0.3, -0.25) is 4.68 Å². The summed E-state index contributed by atoms with van der Waals surface area (Å²) in [4.78, 5) is 0. The minimum absolute atomic E-state index is 0.420. The Labute approximate surface area is 113 Å². The lowest BCUT2D eigenvalue weighted by Crippen LogP contribution is -2.20. The average molecular weight is 256 g/mol. The van der Waals surface area contributed by atoms with Gasteiger partial charge in [0.1, 0.15) is 0 Å². The van der Waals surface area contributed by atoms with Crippen molar-refractivity contribution in [2.45, 2.75) is 38.2 Å². The molecule has 0 fully saturated rings. The van der Waals surface area contributed by atoms with Crippen molar-refractivity contribution in [3.63, 3.8) is 0 Å². The molecule has 0 aliphatic heterocycles. The smallest absolute Gasteiger partial charge is 0.0962 e. The van der Waals surface area contributed by atoms with Gasteiger partial charge in [0.15, 0.2) is 0 Å². The van der Waals surface area contributed by atoms with Crippen molar-refractivity contribution in [2.75, 3.05) is 0 Å². The predicted molar refractivity (Wildman–Crippen MR) is 75.0 cm³/mol. The molecule has 0 saturated carbocycles. The van der Waals surface area contributed by atoms with E-state index in [-0.39, 0.29) is 0 Å². The predicted octanol–water partition coefficient (Wildman–Crippen LogP) is 2.75. The molecule has 0 bridgehead atoms. The van der Waals surface area contributed by atoms with Gasteiger partial charge < -0.3 is 5.11 Å². The zero-order valence-corrected chi connectivity index (χ0v) is 11.5. The molecule has 0 spiro atoms. The van der Waals surface area contributed by atoms with Gasteiger partial charge in [0.05, 0.1) is 17.5 Å². The Hall–Kier alpha value is -1.61. The van der Waals surface area contributed by atoms with Crippen molar-refractivity contribution in [3.05, 3.63) is 52.8 Å². The molecule has 1 aliphatic carbocycles. The zero-order valence-electron chi connectivity index (χ0n) is 11.5. The molecule has 3 rings (SSSR count). The van der Waals surface area contributed by atoms with Gasteiger partial charge in [-0.1, -0.05) is 31.2 Å². The fraction of sp³-hybridized carbons (Fsp3) is 0.438. The van der Waals surface area contributed by atoms with E-state index in [2.05, 4.69) is 36.3 Å². The number of aliphatic hydroxyl groups is 1. The van der Waals surface area contributed by atoms with E-state index in [1.807, 2.05) is 17.8 Å². The van der Waals surface area contributed by atoms with Crippen LogP contribution in [0, 0.1) is 0 Å². The van der Waals surface area contributed by atoms with E-state index >= 15 is 0 Å². The first kappa shape index (κ1) is 12.4. The van der Waals surface area contributed by atoms with E-state index in [0.29, 0.717) is 5.92 Å².